The summed E-state index contributed by atoms with van der Waals surface area (Å²) in [6.45, 7) is 1.20. The van der Waals surface area contributed by atoms with Crippen LogP contribution in [-0.4, -0.2) is 24.2 Å². The van der Waals surface area contributed by atoms with Crippen molar-refractivity contribution in [2.45, 2.75) is 44.6 Å². The molecule has 2 heterocycles. The number of rotatable bonds is 1. The van der Waals surface area contributed by atoms with Gasteiger partial charge in [0.1, 0.15) is 5.75 Å². The predicted octanol–water partition coefficient (Wildman–Crippen LogP) is 4.88. The maximum atomic E-state index is 14.1. The van der Waals surface area contributed by atoms with E-state index in [9.17, 15) is 4.79 Å². The second kappa shape index (κ2) is 5.75. The molecule has 6 aliphatic rings. The van der Waals surface area contributed by atoms with E-state index in [1.165, 1.54) is 30.0 Å². The minimum absolute atomic E-state index is 0.0228. The Morgan fingerprint density at radius 2 is 1.66 bits per heavy atom. The highest BCUT2D eigenvalue weighted by Gasteiger charge is 2.58. The Morgan fingerprint density at radius 3 is 2.41 bits per heavy atom. The number of hydroxylamine groups is 2. The number of ether oxygens (including phenoxy) is 1. The summed E-state index contributed by atoms with van der Waals surface area (Å²) >= 11 is 0. The highest BCUT2D eigenvalue weighted by Crippen LogP contribution is 2.61. The second-order valence-electron chi connectivity index (χ2n) is 10.3. The van der Waals surface area contributed by atoms with Crippen LogP contribution in [0.15, 0.2) is 36.4 Å². The Labute approximate surface area is 171 Å². The van der Waals surface area contributed by atoms with E-state index in [2.05, 4.69) is 36.4 Å². The lowest BCUT2D eigenvalue weighted by molar-refractivity contribution is -0.201. The molecular formula is C25H27NO3. The Kier molecular flexibility index (Phi) is 3.31. The molecule has 5 fully saturated rings. The Balaban J connectivity index is 1.32. The van der Waals surface area contributed by atoms with Crippen molar-refractivity contribution in [3.63, 3.8) is 0 Å². The van der Waals surface area contributed by atoms with E-state index in [0.29, 0.717) is 13.2 Å². The lowest BCUT2D eigenvalue weighted by Gasteiger charge is -2.56. The van der Waals surface area contributed by atoms with Gasteiger partial charge in [-0.3, -0.25) is 9.63 Å². The molecule has 4 saturated carbocycles. The van der Waals surface area contributed by atoms with Crippen LogP contribution in [0.1, 0.15) is 50.1 Å². The zero-order chi connectivity index (χ0) is 19.2. The number of amides is 1. The highest BCUT2D eigenvalue weighted by atomic mass is 16.7. The quantitative estimate of drug-likeness (QED) is 0.698. The molecule has 29 heavy (non-hydrogen) atoms. The number of hydrogen-bond donors (Lipinski definition) is 0. The summed E-state index contributed by atoms with van der Waals surface area (Å²) in [5.74, 6) is 3.67. The summed E-state index contributed by atoms with van der Waals surface area (Å²) in [5, 5.41) is 4.20. The van der Waals surface area contributed by atoms with Gasteiger partial charge in [-0.25, -0.2) is 5.06 Å². The molecule has 150 valence electrons. The van der Waals surface area contributed by atoms with E-state index in [1.807, 2.05) is 5.06 Å². The molecule has 4 nitrogen and oxygen atoms in total. The number of carbonyl (C=O) groups is 1. The molecule has 0 aromatic heterocycles. The third kappa shape index (κ3) is 2.27. The van der Waals surface area contributed by atoms with Gasteiger partial charge in [0, 0.05) is 11.5 Å². The molecular weight excluding hydrogens is 362 g/mol. The molecule has 0 radical (unpaired) electrons. The Bertz CT molecular complexity index is 979. The smallest absolute Gasteiger partial charge is 0.252 e. The van der Waals surface area contributed by atoms with Crippen LogP contribution in [-0.2, 0) is 9.63 Å². The van der Waals surface area contributed by atoms with Crippen LogP contribution in [0.2, 0.25) is 0 Å². The summed E-state index contributed by atoms with van der Waals surface area (Å²) < 4.78 is 6.10. The fourth-order valence-corrected chi connectivity index (χ4v) is 7.73. The van der Waals surface area contributed by atoms with Gasteiger partial charge in [0.15, 0.2) is 0 Å². The molecule has 0 N–H and O–H groups in total. The van der Waals surface area contributed by atoms with Gasteiger partial charge < -0.3 is 4.74 Å². The van der Waals surface area contributed by atoms with E-state index in [0.717, 1.165) is 48.3 Å². The Hall–Kier alpha value is -2.07. The maximum Gasteiger partial charge on any atom is 0.252 e. The molecule has 4 heteroatoms. The van der Waals surface area contributed by atoms with Crippen LogP contribution < -0.4 is 4.74 Å². The van der Waals surface area contributed by atoms with Crippen molar-refractivity contribution in [1.82, 2.24) is 5.06 Å². The first-order valence-corrected chi connectivity index (χ1v) is 11.3. The van der Waals surface area contributed by atoms with E-state index in [4.69, 9.17) is 9.57 Å². The van der Waals surface area contributed by atoms with Gasteiger partial charge in [-0.1, -0.05) is 30.3 Å². The van der Waals surface area contributed by atoms with Crippen molar-refractivity contribution in [2.75, 3.05) is 13.2 Å². The summed E-state index contributed by atoms with van der Waals surface area (Å²) in [7, 11) is 0. The second-order valence-corrected chi connectivity index (χ2v) is 10.3. The number of benzene rings is 2. The Morgan fingerprint density at radius 1 is 0.931 bits per heavy atom. The molecule has 4 bridgehead atoms. The monoisotopic (exact) mass is 389 g/mol. The zero-order valence-electron chi connectivity index (χ0n) is 16.7. The van der Waals surface area contributed by atoms with Gasteiger partial charge in [0.25, 0.3) is 5.91 Å². The molecule has 4 aliphatic carbocycles. The first-order chi connectivity index (χ1) is 14.2. The minimum atomic E-state index is -0.174. The third-order valence-corrected chi connectivity index (χ3v) is 8.50. The van der Waals surface area contributed by atoms with Gasteiger partial charge in [0.2, 0.25) is 0 Å². The fraction of sp³-hybridized carbons (Fsp3) is 0.560. The van der Waals surface area contributed by atoms with Gasteiger partial charge in [0.05, 0.1) is 24.7 Å². The van der Waals surface area contributed by atoms with Crippen molar-refractivity contribution in [3.8, 4) is 5.75 Å². The molecule has 0 spiro atoms. The lowest BCUT2D eigenvalue weighted by Crippen LogP contribution is -2.54. The lowest BCUT2D eigenvalue weighted by atomic mass is 9.49. The molecule has 1 amide bonds. The van der Waals surface area contributed by atoms with Crippen molar-refractivity contribution in [3.05, 3.63) is 42.0 Å². The van der Waals surface area contributed by atoms with Crippen LogP contribution in [0.5, 0.6) is 5.75 Å². The van der Waals surface area contributed by atoms with Crippen LogP contribution in [0, 0.1) is 29.1 Å². The standard InChI is InChI=1S/C25H27NO3/c27-24(25-10-15-7-16(11-25)9-17(8-15)12-25)26-23-19(14-29-26)13-28-21-6-5-18-3-1-2-4-20(18)22(21)23/h1-6,15-17,19,23H,7-14H2/t15?,16?,17?,19-,23-,25?/m1/s1. The SMILES string of the molecule is O=C(N1OC[C@H]2COc3ccc4ccccc4c3[C@@H]21)C12CC3CC(CC(C3)C1)C2. The normalized spacial score (nSPS) is 39.3. The van der Waals surface area contributed by atoms with E-state index >= 15 is 0 Å². The van der Waals surface area contributed by atoms with Crippen molar-refractivity contribution >= 4 is 16.7 Å². The van der Waals surface area contributed by atoms with Crippen molar-refractivity contribution in [1.29, 1.82) is 0 Å². The minimum Gasteiger partial charge on any atom is -0.493 e. The van der Waals surface area contributed by atoms with E-state index < -0.39 is 0 Å². The molecule has 8 rings (SSSR count). The molecule has 2 atom stereocenters. The van der Waals surface area contributed by atoms with Gasteiger partial charge in [-0.15, -0.1) is 0 Å². The number of nitrogens with zero attached hydrogens (tertiary/aromatic N) is 1. The van der Waals surface area contributed by atoms with Gasteiger partial charge >= 0.3 is 0 Å². The van der Waals surface area contributed by atoms with Crippen molar-refractivity contribution in [2.24, 2.45) is 29.1 Å². The summed E-state index contributed by atoms with van der Waals surface area (Å²) in [5.41, 5.74) is 0.974. The highest BCUT2D eigenvalue weighted by molar-refractivity contribution is 5.90. The van der Waals surface area contributed by atoms with E-state index in [1.54, 1.807) is 0 Å². The molecule has 1 saturated heterocycles. The number of carbonyl (C=O) groups excluding carboxylic acids is 1. The van der Waals surface area contributed by atoms with Crippen LogP contribution in [0.4, 0.5) is 0 Å². The average molecular weight is 389 g/mol. The predicted molar refractivity (Wildman–Crippen MR) is 109 cm³/mol. The van der Waals surface area contributed by atoms with Crippen LogP contribution in [0.3, 0.4) is 0 Å². The van der Waals surface area contributed by atoms with Crippen LogP contribution in [0.25, 0.3) is 10.8 Å². The van der Waals surface area contributed by atoms with Crippen molar-refractivity contribution < 1.29 is 14.4 Å². The first-order valence-electron chi connectivity index (χ1n) is 11.3. The molecule has 2 aromatic carbocycles. The molecule has 0 unspecified atom stereocenters. The van der Waals surface area contributed by atoms with Gasteiger partial charge in [-0.2, -0.15) is 0 Å². The summed E-state index contributed by atoms with van der Waals surface area (Å²) in [6.07, 6.45) is 7.28. The molecule has 2 aliphatic heterocycles. The zero-order valence-corrected chi connectivity index (χ0v) is 16.7. The molecule has 2 aromatic rings. The number of hydrogen-bond acceptors (Lipinski definition) is 3. The third-order valence-electron chi connectivity index (χ3n) is 8.50. The maximum absolute atomic E-state index is 14.1. The summed E-state index contributed by atoms with van der Waals surface area (Å²) in [6, 6.07) is 12.6. The van der Waals surface area contributed by atoms with Crippen LogP contribution >= 0.6 is 0 Å². The summed E-state index contributed by atoms with van der Waals surface area (Å²) in [4.78, 5) is 20.2. The largest absolute Gasteiger partial charge is 0.493 e. The first kappa shape index (κ1) is 16.7. The van der Waals surface area contributed by atoms with E-state index in [-0.39, 0.29) is 23.3 Å². The fourth-order valence-electron chi connectivity index (χ4n) is 7.73. The number of fused-ring (bicyclic) bond motifs is 5. The van der Waals surface area contributed by atoms with Gasteiger partial charge in [-0.05, 0) is 73.1 Å². The average Bonchev–Trinajstić information content (AvgIpc) is 3.16. The topological polar surface area (TPSA) is 38.8 Å².